The highest BCUT2D eigenvalue weighted by atomic mass is 79.9. The lowest BCUT2D eigenvalue weighted by molar-refractivity contribution is -0.0680. The second kappa shape index (κ2) is 6.33. The van der Waals surface area contributed by atoms with Gasteiger partial charge in [0, 0.05) is 35.6 Å². The van der Waals surface area contributed by atoms with E-state index in [1.54, 1.807) is 12.1 Å². The number of morpholine rings is 1. The van der Waals surface area contributed by atoms with E-state index in [1.165, 1.54) is 6.07 Å². The molecule has 5 heteroatoms. The molecule has 0 amide bonds. The van der Waals surface area contributed by atoms with Crippen molar-refractivity contribution in [3.63, 3.8) is 0 Å². The average Bonchev–Trinajstić information content (AvgIpc) is 2.32. The third kappa shape index (κ3) is 3.67. The molecule has 1 aromatic rings. The Kier molecular flexibility index (Phi) is 5.01. The molecule has 2 nitrogen and oxygen atoms in total. The first kappa shape index (κ1) is 14.3. The molecule has 2 atom stereocenters. The van der Waals surface area contributed by atoms with Crippen LogP contribution in [-0.4, -0.2) is 35.5 Å². The van der Waals surface area contributed by atoms with Crippen LogP contribution < -0.4 is 0 Å². The lowest BCUT2D eigenvalue weighted by Gasteiger charge is -2.36. The molecule has 2 rings (SSSR count). The molecule has 1 aromatic carbocycles. The molecular weight excluding hydrogens is 321 g/mol. The number of alkyl halides is 1. The van der Waals surface area contributed by atoms with Crippen molar-refractivity contribution in [2.75, 3.05) is 18.4 Å². The maximum Gasteiger partial charge on any atom is 0.129 e. The van der Waals surface area contributed by atoms with E-state index < -0.39 is 0 Å². The summed E-state index contributed by atoms with van der Waals surface area (Å²) in [7, 11) is 0. The van der Waals surface area contributed by atoms with Crippen LogP contribution in [0.5, 0.6) is 0 Å². The summed E-state index contributed by atoms with van der Waals surface area (Å²) in [5.74, 6) is -0.239. The Morgan fingerprint density at radius 3 is 2.94 bits per heavy atom. The summed E-state index contributed by atoms with van der Waals surface area (Å²) < 4.78 is 19.5. The highest BCUT2D eigenvalue weighted by Crippen LogP contribution is 2.19. The predicted molar refractivity (Wildman–Crippen MR) is 74.8 cm³/mol. The standard InChI is InChI=1S/C13H16BrClFNO/c1-9-6-17(8-12(5-14)18-9)7-10-2-3-11(15)4-13(10)16/h2-4,9,12H,5-8H2,1H3. The second-order valence-corrected chi connectivity index (χ2v) is 5.74. The van der Waals surface area contributed by atoms with Gasteiger partial charge in [-0.15, -0.1) is 0 Å². The molecule has 1 saturated heterocycles. The molecule has 2 unspecified atom stereocenters. The van der Waals surface area contributed by atoms with Gasteiger partial charge in [-0.3, -0.25) is 4.90 Å². The maximum absolute atomic E-state index is 13.7. The Labute approximate surface area is 120 Å². The van der Waals surface area contributed by atoms with Gasteiger partial charge in [0.2, 0.25) is 0 Å². The number of hydrogen-bond donors (Lipinski definition) is 0. The van der Waals surface area contributed by atoms with Gasteiger partial charge in [0.05, 0.1) is 12.2 Å². The minimum atomic E-state index is -0.239. The smallest absolute Gasteiger partial charge is 0.129 e. The normalized spacial score (nSPS) is 25.3. The summed E-state index contributed by atoms with van der Waals surface area (Å²) in [6.45, 7) is 4.28. The van der Waals surface area contributed by atoms with Crippen molar-refractivity contribution >= 4 is 27.5 Å². The highest BCUT2D eigenvalue weighted by molar-refractivity contribution is 9.09. The number of rotatable bonds is 3. The van der Waals surface area contributed by atoms with Crippen molar-refractivity contribution in [2.45, 2.75) is 25.7 Å². The quantitative estimate of drug-likeness (QED) is 0.784. The van der Waals surface area contributed by atoms with Gasteiger partial charge in [0.25, 0.3) is 0 Å². The van der Waals surface area contributed by atoms with E-state index in [1.807, 2.05) is 6.92 Å². The lowest BCUT2D eigenvalue weighted by atomic mass is 10.1. The van der Waals surface area contributed by atoms with Crippen molar-refractivity contribution in [3.8, 4) is 0 Å². The number of ether oxygens (including phenoxy) is 1. The van der Waals surface area contributed by atoms with E-state index in [0.29, 0.717) is 17.1 Å². The van der Waals surface area contributed by atoms with Crippen molar-refractivity contribution in [2.24, 2.45) is 0 Å². The minimum absolute atomic E-state index is 0.170. The first-order valence-corrected chi connectivity index (χ1v) is 7.46. The Morgan fingerprint density at radius 1 is 1.50 bits per heavy atom. The van der Waals surface area contributed by atoms with E-state index in [0.717, 1.165) is 18.4 Å². The van der Waals surface area contributed by atoms with E-state index >= 15 is 0 Å². The molecule has 0 bridgehead atoms. The molecular formula is C13H16BrClFNO. The Balaban J connectivity index is 2.04. The summed E-state index contributed by atoms with van der Waals surface area (Å²) in [6.07, 6.45) is 0.348. The summed E-state index contributed by atoms with van der Waals surface area (Å²) in [5.41, 5.74) is 0.682. The summed E-state index contributed by atoms with van der Waals surface area (Å²) in [5, 5.41) is 1.24. The molecule has 18 heavy (non-hydrogen) atoms. The summed E-state index contributed by atoms with van der Waals surface area (Å²) >= 11 is 9.18. The Morgan fingerprint density at radius 2 is 2.28 bits per heavy atom. The zero-order valence-corrected chi connectivity index (χ0v) is 12.5. The SMILES string of the molecule is CC1CN(Cc2ccc(Cl)cc2F)CC(CBr)O1. The van der Waals surface area contributed by atoms with Crippen molar-refractivity contribution < 1.29 is 9.13 Å². The van der Waals surface area contributed by atoms with Gasteiger partial charge in [-0.05, 0) is 19.1 Å². The van der Waals surface area contributed by atoms with Gasteiger partial charge in [0.15, 0.2) is 0 Å². The number of hydrogen-bond acceptors (Lipinski definition) is 2. The predicted octanol–water partition coefficient (Wildman–Crippen LogP) is 3.46. The largest absolute Gasteiger partial charge is 0.372 e. The number of nitrogens with zero attached hydrogens (tertiary/aromatic N) is 1. The molecule has 0 aliphatic carbocycles. The van der Waals surface area contributed by atoms with Crippen molar-refractivity contribution in [1.29, 1.82) is 0 Å². The lowest BCUT2D eigenvalue weighted by Crippen LogP contribution is -2.46. The van der Waals surface area contributed by atoms with Gasteiger partial charge < -0.3 is 4.74 Å². The summed E-state index contributed by atoms with van der Waals surface area (Å²) in [6, 6.07) is 4.84. The van der Waals surface area contributed by atoms with Crippen LogP contribution in [0.1, 0.15) is 12.5 Å². The Hall–Kier alpha value is -0.160. The van der Waals surface area contributed by atoms with Crippen LogP contribution in [0, 0.1) is 5.82 Å². The fourth-order valence-electron chi connectivity index (χ4n) is 2.25. The third-order valence-corrected chi connectivity index (χ3v) is 3.94. The van der Waals surface area contributed by atoms with Crippen molar-refractivity contribution in [3.05, 3.63) is 34.6 Å². The third-order valence-electron chi connectivity index (χ3n) is 2.98. The minimum Gasteiger partial charge on any atom is -0.372 e. The zero-order valence-electron chi connectivity index (χ0n) is 10.2. The molecule has 0 N–H and O–H groups in total. The first-order valence-electron chi connectivity index (χ1n) is 5.96. The molecule has 100 valence electrons. The van der Waals surface area contributed by atoms with Gasteiger partial charge >= 0.3 is 0 Å². The molecule has 0 radical (unpaired) electrons. The van der Waals surface area contributed by atoms with Gasteiger partial charge in [-0.25, -0.2) is 4.39 Å². The zero-order chi connectivity index (χ0) is 13.1. The van der Waals surface area contributed by atoms with E-state index in [4.69, 9.17) is 16.3 Å². The summed E-state index contributed by atoms with van der Waals surface area (Å²) in [4.78, 5) is 2.21. The molecule has 0 spiro atoms. The van der Waals surface area contributed by atoms with Crippen LogP contribution in [0.25, 0.3) is 0 Å². The van der Waals surface area contributed by atoms with E-state index in [2.05, 4.69) is 20.8 Å². The number of benzene rings is 1. The van der Waals surface area contributed by atoms with Crippen LogP contribution in [0.4, 0.5) is 4.39 Å². The van der Waals surface area contributed by atoms with Crippen LogP contribution in [-0.2, 0) is 11.3 Å². The monoisotopic (exact) mass is 335 g/mol. The fraction of sp³-hybridized carbons (Fsp3) is 0.538. The Bertz CT molecular complexity index is 418. The molecule has 1 aliphatic heterocycles. The van der Waals surface area contributed by atoms with Crippen LogP contribution in [0.2, 0.25) is 5.02 Å². The second-order valence-electron chi connectivity index (χ2n) is 4.65. The van der Waals surface area contributed by atoms with E-state index in [9.17, 15) is 4.39 Å². The van der Waals surface area contributed by atoms with E-state index in [-0.39, 0.29) is 18.0 Å². The maximum atomic E-state index is 13.7. The van der Waals surface area contributed by atoms with Gasteiger partial charge in [-0.2, -0.15) is 0 Å². The van der Waals surface area contributed by atoms with Gasteiger partial charge in [0.1, 0.15) is 5.82 Å². The molecule has 0 aromatic heterocycles. The van der Waals surface area contributed by atoms with Crippen LogP contribution in [0.15, 0.2) is 18.2 Å². The fourth-order valence-corrected chi connectivity index (χ4v) is 2.76. The first-order chi connectivity index (χ1) is 8.58. The average molecular weight is 337 g/mol. The van der Waals surface area contributed by atoms with Crippen molar-refractivity contribution in [1.82, 2.24) is 4.90 Å². The van der Waals surface area contributed by atoms with Crippen LogP contribution in [0.3, 0.4) is 0 Å². The molecule has 1 heterocycles. The number of halogens is 3. The highest BCUT2D eigenvalue weighted by Gasteiger charge is 2.24. The molecule has 1 aliphatic rings. The van der Waals surface area contributed by atoms with Crippen LogP contribution >= 0.6 is 27.5 Å². The molecule has 0 saturated carbocycles. The van der Waals surface area contributed by atoms with Gasteiger partial charge in [-0.1, -0.05) is 33.6 Å². The topological polar surface area (TPSA) is 12.5 Å². The molecule has 1 fully saturated rings.